The third kappa shape index (κ3) is 5.56. The average Bonchev–Trinajstić information content (AvgIpc) is 3.09. The first kappa shape index (κ1) is 24.4. The van der Waals surface area contributed by atoms with Crippen LogP contribution in [0.3, 0.4) is 0 Å². The molecule has 178 valence electrons. The molecule has 1 unspecified atom stereocenters. The fourth-order valence-corrected chi connectivity index (χ4v) is 3.87. The molecule has 1 saturated heterocycles. The molecule has 1 aliphatic rings. The Bertz CT molecular complexity index is 1250. The summed E-state index contributed by atoms with van der Waals surface area (Å²) in [6, 6.07) is 2.61. The number of carboxylic acids is 2. The van der Waals surface area contributed by atoms with Crippen molar-refractivity contribution in [3.63, 3.8) is 0 Å². The van der Waals surface area contributed by atoms with Gasteiger partial charge in [-0.25, -0.2) is 18.9 Å². The van der Waals surface area contributed by atoms with Gasteiger partial charge in [0, 0.05) is 18.2 Å². The number of ether oxygens (including phenoxy) is 1. The number of aromatic nitrogens is 2. The maximum absolute atomic E-state index is 12.2. The van der Waals surface area contributed by atoms with Crippen LogP contribution in [-0.2, 0) is 13.8 Å². The van der Waals surface area contributed by atoms with Crippen molar-refractivity contribution in [2.75, 3.05) is 6.61 Å². The Balaban J connectivity index is 1.68. The molecule has 1 aliphatic heterocycles. The van der Waals surface area contributed by atoms with Crippen molar-refractivity contribution in [1.82, 2.24) is 9.55 Å². The number of phosphoric acid groups is 1. The van der Waals surface area contributed by atoms with Crippen LogP contribution in [0.2, 0.25) is 0 Å². The van der Waals surface area contributed by atoms with Gasteiger partial charge in [0.15, 0.2) is 0 Å². The zero-order valence-corrected chi connectivity index (χ0v) is 17.8. The van der Waals surface area contributed by atoms with Gasteiger partial charge in [0.1, 0.15) is 18.1 Å². The number of aryl methyl sites for hydroxylation is 1. The molecule has 3 rings (SSSR count). The largest absolute Gasteiger partial charge is 0.527 e. The second kappa shape index (κ2) is 9.29. The first-order valence-corrected chi connectivity index (χ1v) is 10.8. The Hall–Kier alpha value is -3.29. The van der Waals surface area contributed by atoms with E-state index in [0.717, 1.165) is 22.8 Å². The van der Waals surface area contributed by atoms with E-state index >= 15 is 0 Å². The van der Waals surface area contributed by atoms with Crippen molar-refractivity contribution in [1.29, 1.82) is 0 Å². The lowest BCUT2D eigenvalue weighted by molar-refractivity contribution is -0.0447. The van der Waals surface area contributed by atoms with Crippen LogP contribution in [0, 0.1) is 6.92 Å². The number of aromatic amines is 1. The number of nitrogens with zero attached hydrogens (tertiary/aromatic N) is 1. The summed E-state index contributed by atoms with van der Waals surface area (Å²) in [5.41, 5.74) is -2.32. The lowest BCUT2D eigenvalue weighted by Crippen LogP contribution is -2.33. The molecule has 0 bridgehead atoms. The number of carboxylic acid groups (broad SMARTS) is 2. The predicted octanol–water partition coefficient (Wildman–Crippen LogP) is 0.0858. The summed E-state index contributed by atoms with van der Waals surface area (Å²) in [6.45, 7) is 0.834. The third-order valence-corrected chi connectivity index (χ3v) is 5.65. The van der Waals surface area contributed by atoms with Gasteiger partial charge in [-0.05, 0) is 25.1 Å². The van der Waals surface area contributed by atoms with Crippen LogP contribution in [0.15, 0.2) is 34.0 Å². The fraction of sp³-hybridized carbons (Fsp3) is 0.333. The average molecular weight is 486 g/mol. The number of hydrogen-bond donors (Lipinski definition) is 5. The second-order valence-corrected chi connectivity index (χ2v) is 8.46. The fourth-order valence-electron chi connectivity index (χ4n) is 3.11. The number of aliphatic hydroxyl groups excluding tert-OH is 1. The molecule has 0 radical (unpaired) electrons. The molecule has 33 heavy (non-hydrogen) atoms. The third-order valence-electron chi connectivity index (χ3n) is 4.73. The molecular weight excluding hydrogens is 467 g/mol. The van der Waals surface area contributed by atoms with Crippen LogP contribution < -0.4 is 15.8 Å². The second-order valence-electron chi connectivity index (χ2n) is 7.08. The van der Waals surface area contributed by atoms with Crippen LogP contribution in [-0.4, -0.2) is 60.5 Å². The molecular formula is C18H19N2O12P. The van der Waals surface area contributed by atoms with Crippen LogP contribution in [0.5, 0.6) is 5.75 Å². The molecule has 15 heteroatoms. The van der Waals surface area contributed by atoms with Gasteiger partial charge < -0.3 is 24.6 Å². The number of aliphatic hydroxyl groups is 1. The number of nitrogens with one attached hydrogen (secondary N) is 1. The lowest BCUT2D eigenvalue weighted by atomic mass is 10.1. The summed E-state index contributed by atoms with van der Waals surface area (Å²) in [5.74, 6) is -3.54. The molecule has 4 atom stereocenters. The molecule has 0 saturated carbocycles. The van der Waals surface area contributed by atoms with Crippen molar-refractivity contribution in [3.8, 4) is 5.75 Å². The number of phosphoric ester groups is 1. The molecule has 5 N–H and O–H groups in total. The van der Waals surface area contributed by atoms with Gasteiger partial charge in [-0.15, -0.1) is 0 Å². The summed E-state index contributed by atoms with van der Waals surface area (Å²) in [7, 11) is -4.85. The molecule has 1 aromatic heterocycles. The minimum atomic E-state index is -4.85. The summed E-state index contributed by atoms with van der Waals surface area (Å²) in [6.07, 6.45) is -2.13. The Kier molecular flexibility index (Phi) is 6.86. The van der Waals surface area contributed by atoms with E-state index in [1.54, 1.807) is 0 Å². The van der Waals surface area contributed by atoms with Gasteiger partial charge >= 0.3 is 25.5 Å². The minimum absolute atomic E-state index is 0.0748. The van der Waals surface area contributed by atoms with E-state index in [9.17, 15) is 33.7 Å². The number of hydrogen-bond acceptors (Lipinski definition) is 9. The van der Waals surface area contributed by atoms with Crippen LogP contribution in [0.1, 0.15) is 38.9 Å². The quantitative estimate of drug-likeness (QED) is 0.314. The molecule has 0 amide bonds. The van der Waals surface area contributed by atoms with Crippen LogP contribution in [0.4, 0.5) is 0 Å². The number of benzene rings is 1. The molecule has 14 nitrogen and oxygen atoms in total. The Morgan fingerprint density at radius 3 is 2.55 bits per heavy atom. The van der Waals surface area contributed by atoms with Crippen LogP contribution in [0.25, 0.3) is 0 Å². The smallest absolute Gasteiger partial charge is 0.478 e. The molecule has 2 aromatic rings. The van der Waals surface area contributed by atoms with Gasteiger partial charge in [0.25, 0.3) is 5.56 Å². The Labute approximate surface area is 184 Å². The predicted molar refractivity (Wildman–Crippen MR) is 107 cm³/mol. The summed E-state index contributed by atoms with van der Waals surface area (Å²) >= 11 is 0. The topological polar surface area (TPSA) is 215 Å². The van der Waals surface area contributed by atoms with Crippen molar-refractivity contribution >= 4 is 19.8 Å². The highest BCUT2D eigenvalue weighted by Crippen LogP contribution is 2.45. The lowest BCUT2D eigenvalue weighted by Gasteiger charge is -2.18. The molecule has 1 aromatic carbocycles. The monoisotopic (exact) mass is 486 g/mol. The van der Waals surface area contributed by atoms with Gasteiger partial charge in [-0.3, -0.25) is 23.8 Å². The van der Waals surface area contributed by atoms with Gasteiger partial charge in [-0.1, -0.05) is 0 Å². The van der Waals surface area contributed by atoms with Crippen LogP contribution >= 0.6 is 7.82 Å². The number of carbonyl (C=O) groups is 2. The number of H-pyrrole nitrogens is 1. The first-order chi connectivity index (χ1) is 15.4. The molecule has 1 fully saturated rings. The van der Waals surface area contributed by atoms with Gasteiger partial charge in [-0.2, -0.15) is 0 Å². The van der Waals surface area contributed by atoms with Gasteiger partial charge in [0.2, 0.25) is 0 Å². The van der Waals surface area contributed by atoms with E-state index in [0.29, 0.717) is 0 Å². The van der Waals surface area contributed by atoms with Crippen molar-refractivity contribution < 1.29 is 48.2 Å². The Morgan fingerprint density at radius 1 is 1.24 bits per heavy atom. The first-order valence-electron chi connectivity index (χ1n) is 9.31. The number of rotatable bonds is 8. The van der Waals surface area contributed by atoms with Crippen molar-refractivity contribution in [2.45, 2.75) is 31.8 Å². The highest BCUT2D eigenvalue weighted by Gasteiger charge is 2.38. The van der Waals surface area contributed by atoms with Crippen molar-refractivity contribution in [2.24, 2.45) is 0 Å². The van der Waals surface area contributed by atoms with Crippen molar-refractivity contribution in [3.05, 3.63) is 61.9 Å². The van der Waals surface area contributed by atoms with Gasteiger partial charge in [0.05, 0.1) is 23.8 Å². The van der Waals surface area contributed by atoms with E-state index in [1.165, 1.54) is 13.1 Å². The highest BCUT2D eigenvalue weighted by atomic mass is 31.2. The summed E-state index contributed by atoms with van der Waals surface area (Å²) < 4.78 is 28.4. The zero-order valence-electron chi connectivity index (χ0n) is 16.9. The molecule has 2 heterocycles. The number of aromatic carboxylic acids is 2. The minimum Gasteiger partial charge on any atom is -0.478 e. The van der Waals surface area contributed by atoms with E-state index < -0.39 is 72.9 Å². The SMILES string of the molecule is Cc1cn([C@H]2C[C@H](O)[C@@H](COP(=O)(O)Oc3ccc(C(=O)O)c(C(=O)O)c3)O2)c(=O)[nH]c1=O. The molecule has 0 aliphatic carbocycles. The normalized spacial score (nSPS) is 22.0. The van der Waals surface area contributed by atoms with E-state index in [4.69, 9.17) is 24.0 Å². The maximum Gasteiger partial charge on any atom is 0.527 e. The van der Waals surface area contributed by atoms with E-state index in [1.807, 2.05) is 0 Å². The van der Waals surface area contributed by atoms with E-state index in [2.05, 4.69) is 4.98 Å². The maximum atomic E-state index is 12.2. The Morgan fingerprint density at radius 2 is 1.91 bits per heavy atom. The molecule has 0 spiro atoms. The highest BCUT2D eigenvalue weighted by molar-refractivity contribution is 7.47. The van der Waals surface area contributed by atoms with E-state index in [-0.39, 0.29) is 12.0 Å². The standard InChI is InChI=1S/C18H19N2O12P/c1-8-6-20(18(27)19-15(8)22)14-5-12(21)13(31-14)7-30-33(28,29)32-9-2-3-10(16(23)24)11(4-9)17(25)26/h2-4,6,12-14,21H,5,7H2,1H3,(H,23,24)(H,25,26)(H,28,29)(H,19,22,27)/t12-,13+,14+/m0/s1. The summed E-state index contributed by atoms with van der Waals surface area (Å²) in [5, 5.41) is 28.3. The zero-order chi connectivity index (χ0) is 24.5. The summed E-state index contributed by atoms with van der Waals surface area (Å²) in [4.78, 5) is 57.8.